The van der Waals surface area contributed by atoms with Crippen LogP contribution in [0.1, 0.15) is 34.9 Å². The number of esters is 1. The Morgan fingerprint density at radius 1 is 1.23 bits per heavy atom. The standard InChI is InChI=1S/C19H22N2O5/c1-24-13-7-8-17(25-2)14(11-13)16-6-4-10-21(16)18(22)12-26-19(23)15-5-3-9-20-15/h3,5,7-9,11,16,20H,4,6,10,12H2,1-2H3/t16-/m1/s1. The van der Waals surface area contributed by atoms with Gasteiger partial charge in [0.15, 0.2) is 6.61 Å². The SMILES string of the molecule is COc1ccc(OC)c([C@H]2CCCN2C(=O)COC(=O)c2ccc[nH]2)c1. The maximum Gasteiger partial charge on any atom is 0.355 e. The second kappa shape index (κ2) is 7.95. The zero-order valence-corrected chi connectivity index (χ0v) is 14.9. The molecule has 1 fully saturated rings. The summed E-state index contributed by atoms with van der Waals surface area (Å²) in [5, 5.41) is 0. The number of nitrogens with one attached hydrogen (secondary N) is 1. The molecule has 1 N–H and O–H groups in total. The van der Waals surface area contributed by atoms with Crippen molar-refractivity contribution in [3.05, 3.63) is 47.8 Å². The minimum atomic E-state index is -0.543. The third kappa shape index (κ3) is 3.66. The van der Waals surface area contributed by atoms with Crippen LogP contribution in [-0.4, -0.2) is 49.1 Å². The van der Waals surface area contributed by atoms with E-state index in [1.54, 1.807) is 37.4 Å². The van der Waals surface area contributed by atoms with Crippen LogP contribution in [-0.2, 0) is 9.53 Å². The van der Waals surface area contributed by atoms with Gasteiger partial charge in [-0.2, -0.15) is 0 Å². The van der Waals surface area contributed by atoms with Gasteiger partial charge in [0.05, 0.1) is 20.3 Å². The van der Waals surface area contributed by atoms with E-state index in [2.05, 4.69) is 4.98 Å². The third-order valence-electron chi connectivity index (χ3n) is 4.51. The Labute approximate surface area is 151 Å². The largest absolute Gasteiger partial charge is 0.497 e. The molecule has 3 rings (SSSR count). The van der Waals surface area contributed by atoms with Crippen LogP contribution in [0, 0.1) is 0 Å². The zero-order chi connectivity index (χ0) is 18.5. The third-order valence-corrected chi connectivity index (χ3v) is 4.51. The summed E-state index contributed by atoms with van der Waals surface area (Å²) in [4.78, 5) is 29.0. The summed E-state index contributed by atoms with van der Waals surface area (Å²) in [5.41, 5.74) is 1.22. The van der Waals surface area contributed by atoms with Crippen LogP contribution in [0.5, 0.6) is 11.5 Å². The van der Waals surface area contributed by atoms with Crippen LogP contribution in [0.4, 0.5) is 0 Å². The first-order chi connectivity index (χ1) is 12.6. The Bertz CT molecular complexity index is 772. The molecule has 1 saturated heterocycles. The van der Waals surface area contributed by atoms with Gasteiger partial charge in [0.1, 0.15) is 17.2 Å². The fourth-order valence-corrected chi connectivity index (χ4v) is 3.23. The zero-order valence-electron chi connectivity index (χ0n) is 14.9. The highest BCUT2D eigenvalue weighted by atomic mass is 16.5. The monoisotopic (exact) mass is 358 g/mol. The van der Waals surface area contributed by atoms with Crippen molar-refractivity contribution in [1.29, 1.82) is 0 Å². The maximum atomic E-state index is 12.6. The summed E-state index contributed by atoms with van der Waals surface area (Å²) < 4.78 is 15.9. The number of hydrogen-bond acceptors (Lipinski definition) is 5. The van der Waals surface area contributed by atoms with Crippen molar-refractivity contribution in [2.24, 2.45) is 0 Å². The van der Waals surface area contributed by atoms with E-state index < -0.39 is 5.97 Å². The number of hydrogen-bond donors (Lipinski definition) is 1. The number of benzene rings is 1. The van der Waals surface area contributed by atoms with E-state index in [4.69, 9.17) is 14.2 Å². The molecule has 1 aromatic carbocycles. The highest BCUT2D eigenvalue weighted by Gasteiger charge is 2.32. The molecule has 1 aliphatic rings. The average Bonchev–Trinajstić information content (AvgIpc) is 3.37. The maximum absolute atomic E-state index is 12.6. The lowest BCUT2D eigenvalue weighted by atomic mass is 10.0. The molecular formula is C19H22N2O5. The van der Waals surface area contributed by atoms with Gasteiger partial charge in [0, 0.05) is 18.3 Å². The molecule has 2 heterocycles. The van der Waals surface area contributed by atoms with Gasteiger partial charge in [-0.05, 0) is 43.2 Å². The smallest absolute Gasteiger partial charge is 0.355 e. The number of ether oxygens (including phenoxy) is 3. The predicted octanol–water partition coefficient (Wildman–Crippen LogP) is 2.55. The molecule has 0 saturated carbocycles. The molecule has 26 heavy (non-hydrogen) atoms. The van der Waals surface area contributed by atoms with Gasteiger partial charge >= 0.3 is 5.97 Å². The van der Waals surface area contributed by atoms with Crippen LogP contribution in [0.3, 0.4) is 0 Å². The summed E-state index contributed by atoms with van der Waals surface area (Å²) >= 11 is 0. The summed E-state index contributed by atoms with van der Waals surface area (Å²) in [6.07, 6.45) is 3.32. The highest BCUT2D eigenvalue weighted by molar-refractivity contribution is 5.89. The quantitative estimate of drug-likeness (QED) is 0.803. The summed E-state index contributed by atoms with van der Waals surface area (Å²) in [5.74, 6) is 0.646. The number of aromatic nitrogens is 1. The minimum absolute atomic E-state index is 0.128. The van der Waals surface area contributed by atoms with Gasteiger partial charge in [0.2, 0.25) is 0 Å². The van der Waals surface area contributed by atoms with Crippen molar-refractivity contribution in [1.82, 2.24) is 9.88 Å². The van der Waals surface area contributed by atoms with Crippen LogP contribution >= 0.6 is 0 Å². The first-order valence-corrected chi connectivity index (χ1v) is 8.46. The van der Waals surface area contributed by atoms with Crippen molar-refractivity contribution >= 4 is 11.9 Å². The normalized spacial score (nSPS) is 16.4. The van der Waals surface area contributed by atoms with Gasteiger partial charge < -0.3 is 24.1 Å². The lowest BCUT2D eigenvalue weighted by Crippen LogP contribution is -2.34. The Balaban J connectivity index is 1.71. The van der Waals surface area contributed by atoms with Crippen molar-refractivity contribution in [3.63, 3.8) is 0 Å². The first kappa shape index (κ1) is 17.8. The number of likely N-dealkylation sites (tertiary alicyclic amines) is 1. The second-order valence-corrected chi connectivity index (χ2v) is 6.01. The van der Waals surface area contributed by atoms with Crippen LogP contribution in [0.25, 0.3) is 0 Å². The van der Waals surface area contributed by atoms with E-state index in [1.165, 1.54) is 0 Å². The van der Waals surface area contributed by atoms with E-state index in [-0.39, 0.29) is 18.6 Å². The van der Waals surface area contributed by atoms with E-state index in [9.17, 15) is 9.59 Å². The molecule has 1 atom stereocenters. The fraction of sp³-hybridized carbons (Fsp3) is 0.368. The van der Waals surface area contributed by atoms with E-state index >= 15 is 0 Å². The van der Waals surface area contributed by atoms with Gasteiger partial charge in [-0.25, -0.2) is 4.79 Å². The Morgan fingerprint density at radius 2 is 2.08 bits per heavy atom. The van der Waals surface area contributed by atoms with Gasteiger partial charge in [-0.3, -0.25) is 4.79 Å². The molecule has 0 unspecified atom stereocenters. The molecule has 7 heteroatoms. The fourth-order valence-electron chi connectivity index (χ4n) is 3.23. The minimum Gasteiger partial charge on any atom is -0.497 e. The lowest BCUT2D eigenvalue weighted by molar-refractivity contribution is -0.135. The lowest BCUT2D eigenvalue weighted by Gasteiger charge is -2.26. The number of nitrogens with zero attached hydrogens (tertiary/aromatic N) is 1. The number of H-pyrrole nitrogens is 1. The van der Waals surface area contributed by atoms with E-state index in [0.717, 1.165) is 18.4 Å². The second-order valence-electron chi connectivity index (χ2n) is 6.01. The first-order valence-electron chi connectivity index (χ1n) is 8.46. The molecule has 2 aromatic rings. The molecule has 7 nitrogen and oxygen atoms in total. The summed E-state index contributed by atoms with van der Waals surface area (Å²) in [6.45, 7) is 0.324. The number of carbonyl (C=O) groups excluding carboxylic acids is 2. The van der Waals surface area contributed by atoms with E-state index in [0.29, 0.717) is 23.7 Å². The molecular weight excluding hydrogens is 336 g/mol. The molecule has 0 aliphatic carbocycles. The van der Waals surface area contributed by atoms with Crippen molar-refractivity contribution in [2.45, 2.75) is 18.9 Å². The summed E-state index contributed by atoms with van der Waals surface area (Å²) in [7, 11) is 3.20. The molecule has 1 aliphatic heterocycles. The molecule has 0 bridgehead atoms. The topological polar surface area (TPSA) is 80.9 Å². The molecule has 1 aromatic heterocycles. The predicted molar refractivity (Wildman–Crippen MR) is 94.3 cm³/mol. The Kier molecular flexibility index (Phi) is 5.46. The van der Waals surface area contributed by atoms with Crippen LogP contribution < -0.4 is 9.47 Å². The molecule has 0 radical (unpaired) electrons. The van der Waals surface area contributed by atoms with Crippen LogP contribution in [0.15, 0.2) is 36.5 Å². The molecule has 138 valence electrons. The average molecular weight is 358 g/mol. The number of amides is 1. The number of aromatic amines is 1. The van der Waals surface area contributed by atoms with E-state index in [1.807, 2.05) is 18.2 Å². The van der Waals surface area contributed by atoms with Crippen LogP contribution in [0.2, 0.25) is 0 Å². The Hall–Kier alpha value is -2.96. The van der Waals surface area contributed by atoms with Crippen molar-refractivity contribution < 1.29 is 23.8 Å². The molecule has 0 spiro atoms. The highest BCUT2D eigenvalue weighted by Crippen LogP contribution is 2.38. The van der Waals surface area contributed by atoms with Crippen molar-refractivity contribution in [2.75, 3.05) is 27.4 Å². The number of carbonyl (C=O) groups is 2. The molecule has 1 amide bonds. The Morgan fingerprint density at radius 3 is 2.77 bits per heavy atom. The van der Waals surface area contributed by atoms with Gasteiger partial charge in [-0.15, -0.1) is 0 Å². The van der Waals surface area contributed by atoms with Gasteiger partial charge in [-0.1, -0.05) is 0 Å². The number of methoxy groups -OCH3 is 2. The van der Waals surface area contributed by atoms with Crippen molar-refractivity contribution in [3.8, 4) is 11.5 Å². The summed E-state index contributed by atoms with van der Waals surface area (Å²) in [6, 6.07) is 8.72. The van der Waals surface area contributed by atoms with Gasteiger partial charge in [0.25, 0.3) is 5.91 Å². The number of rotatable bonds is 6.